The lowest BCUT2D eigenvalue weighted by Gasteiger charge is -2.23. The molecule has 0 aromatic heterocycles. The fourth-order valence-electron chi connectivity index (χ4n) is 5.70. The molecule has 344 valence electrons. The van der Waals surface area contributed by atoms with Crippen LogP contribution in [0.2, 0.25) is 0 Å². The van der Waals surface area contributed by atoms with Gasteiger partial charge in [-0.2, -0.15) is 0 Å². The predicted molar refractivity (Wildman–Crippen MR) is 228 cm³/mol. The summed E-state index contributed by atoms with van der Waals surface area (Å²) >= 11 is 0. The van der Waals surface area contributed by atoms with Gasteiger partial charge in [0.25, 0.3) is 0 Å². The van der Waals surface area contributed by atoms with Gasteiger partial charge in [0.05, 0.1) is 13.2 Å². The Kier molecular flexibility index (Phi) is 38.4. The Labute approximate surface area is 352 Å². The molecule has 0 bridgehead atoms. The highest BCUT2D eigenvalue weighted by Crippen LogP contribution is 2.04. The number of unbranched alkanes of at least 4 members (excludes halogenated alkanes) is 10. The minimum atomic E-state index is -0.620. The van der Waals surface area contributed by atoms with Crippen LogP contribution in [0, 0.1) is 0 Å². The van der Waals surface area contributed by atoms with Crippen molar-refractivity contribution in [2.24, 2.45) is 22.9 Å². The summed E-state index contributed by atoms with van der Waals surface area (Å²) in [6, 6.07) is 0. The zero-order chi connectivity index (χ0) is 43.6. The predicted octanol–water partition coefficient (Wildman–Crippen LogP) is 1.20. The third-order valence-corrected chi connectivity index (χ3v) is 9.17. The molecule has 0 radical (unpaired) electrons. The first-order valence-corrected chi connectivity index (χ1v) is 22.0. The highest BCUT2D eigenvalue weighted by Gasteiger charge is 2.18. The van der Waals surface area contributed by atoms with Crippen LogP contribution in [0.25, 0.3) is 0 Å². The van der Waals surface area contributed by atoms with E-state index in [1.807, 2.05) is 0 Å². The van der Waals surface area contributed by atoms with Gasteiger partial charge in [0.2, 0.25) is 23.6 Å². The summed E-state index contributed by atoms with van der Waals surface area (Å²) in [5.41, 5.74) is 22.1. The number of rotatable bonds is 40. The maximum absolute atomic E-state index is 13.0. The number of ether oxygens (including phenoxy) is 3. The van der Waals surface area contributed by atoms with Gasteiger partial charge in [0, 0.05) is 78.0 Å². The monoisotopic (exact) mass is 845 g/mol. The van der Waals surface area contributed by atoms with Gasteiger partial charge in [-0.05, 0) is 77.5 Å². The second kappa shape index (κ2) is 41.0. The molecule has 0 saturated heterocycles. The number of nitrogens with one attached hydrogen (secondary N) is 4. The summed E-state index contributed by atoms with van der Waals surface area (Å²) in [5.74, 6) is -0.423. The molecule has 0 spiro atoms. The van der Waals surface area contributed by atoms with E-state index in [1.165, 1.54) is 9.80 Å². The summed E-state index contributed by atoms with van der Waals surface area (Å²) in [4.78, 5) is 77.8. The maximum Gasteiger partial charge on any atom is 0.409 e. The zero-order valence-electron chi connectivity index (χ0n) is 35.9. The number of hydrogen-bond acceptors (Lipinski definition) is 13. The molecule has 0 aromatic carbocycles. The molecule has 0 heterocycles. The molecular formula is C40H80N10O9. The highest BCUT2D eigenvalue weighted by molar-refractivity contribution is 5.77. The third-order valence-electron chi connectivity index (χ3n) is 9.17. The average Bonchev–Trinajstić information content (AvgIpc) is 3.22. The number of amides is 6. The Morgan fingerprint density at radius 3 is 0.881 bits per heavy atom. The van der Waals surface area contributed by atoms with E-state index in [2.05, 4.69) is 21.3 Å². The van der Waals surface area contributed by atoms with Crippen molar-refractivity contribution in [1.29, 1.82) is 0 Å². The van der Waals surface area contributed by atoms with Crippen molar-refractivity contribution in [3.63, 3.8) is 0 Å². The van der Waals surface area contributed by atoms with E-state index in [9.17, 15) is 28.8 Å². The van der Waals surface area contributed by atoms with Crippen molar-refractivity contribution in [1.82, 2.24) is 31.1 Å². The molecule has 19 nitrogen and oxygen atoms in total. The molecule has 0 unspecified atom stereocenters. The highest BCUT2D eigenvalue weighted by atomic mass is 16.6. The largest absolute Gasteiger partial charge is 0.447 e. The van der Waals surface area contributed by atoms with Gasteiger partial charge < -0.3 is 68.2 Å². The normalized spacial score (nSPS) is 10.8. The van der Waals surface area contributed by atoms with Gasteiger partial charge in [0.1, 0.15) is 13.2 Å². The first-order chi connectivity index (χ1) is 28.7. The molecule has 0 aromatic rings. The topological polar surface area (TPSA) is 289 Å². The van der Waals surface area contributed by atoms with Crippen LogP contribution in [0.1, 0.15) is 116 Å². The van der Waals surface area contributed by atoms with Gasteiger partial charge >= 0.3 is 12.2 Å². The maximum atomic E-state index is 13.0. The van der Waals surface area contributed by atoms with Crippen molar-refractivity contribution in [2.75, 3.05) is 105 Å². The van der Waals surface area contributed by atoms with Crippen molar-refractivity contribution in [2.45, 2.75) is 116 Å². The Bertz CT molecular complexity index is 1020. The quantitative estimate of drug-likeness (QED) is 0.0403. The molecule has 0 atom stereocenters. The van der Waals surface area contributed by atoms with Gasteiger partial charge in [-0.15, -0.1) is 0 Å². The van der Waals surface area contributed by atoms with Crippen molar-refractivity contribution in [3.8, 4) is 0 Å². The van der Waals surface area contributed by atoms with Crippen LogP contribution < -0.4 is 44.2 Å². The van der Waals surface area contributed by atoms with Crippen LogP contribution in [0.15, 0.2) is 0 Å². The van der Waals surface area contributed by atoms with Crippen LogP contribution in [-0.4, -0.2) is 151 Å². The Morgan fingerprint density at radius 2 is 0.610 bits per heavy atom. The van der Waals surface area contributed by atoms with Crippen molar-refractivity contribution >= 4 is 35.8 Å². The molecule has 6 amide bonds. The molecule has 0 aliphatic carbocycles. The first-order valence-electron chi connectivity index (χ1n) is 22.0. The molecule has 0 aliphatic rings. The van der Waals surface area contributed by atoms with Crippen LogP contribution in [0.4, 0.5) is 9.59 Å². The summed E-state index contributed by atoms with van der Waals surface area (Å²) < 4.78 is 16.3. The van der Waals surface area contributed by atoms with Crippen molar-refractivity contribution < 1.29 is 43.0 Å². The molecular weight excluding hydrogens is 765 g/mol. The van der Waals surface area contributed by atoms with E-state index in [0.717, 1.165) is 89.9 Å². The van der Waals surface area contributed by atoms with Crippen LogP contribution >= 0.6 is 0 Å². The first kappa shape index (κ1) is 55.2. The number of carbonyl (C=O) groups excluding carboxylic acids is 6. The lowest BCUT2D eigenvalue weighted by atomic mass is 10.1. The molecule has 59 heavy (non-hydrogen) atoms. The van der Waals surface area contributed by atoms with Crippen LogP contribution in [-0.2, 0) is 33.4 Å². The van der Waals surface area contributed by atoms with Crippen LogP contribution in [0.5, 0.6) is 0 Å². The molecule has 0 rings (SSSR count). The summed E-state index contributed by atoms with van der Waals surface area (Å²) in [6.07, 6.45) is 12.4. The molecule has 0 aliphatic heterocycles. The molecule has 12 N–H and O–H groups in total. The van der Waals surface area contributed by atoms with E-state index in [1.54, 1.807) is 0 Å². The minimum Gasteiger partial charge on any atom is -0.447 e. The number of carbonyl (C=O) groups is 6. The third kappa shape index (κ3) is 35.9. The molecule has 0 saturated carbocycles. The number of hydrogen-bond donors (Lipinski definition) is 8. The summed E-state index contributed by atoms with van der Waals surface area (Å²) in [7, 11) is 0. The second-order valence-corrected chi connectivity index (χ2v) is 14.3. The lowest BCUT2D eigenvalue weighted by molar-refractivity contribution is -0.122. The van der Waals surface area contributed by atoms with E-state index in [0.29, 0.717) is 51.9 Å². The fourth-order valence-corrected chi connectivity index (χ4v) is 5.70. The SMILES string of the molecule is NCCCCCCC(=O)NCCN(CCNC(=O)CCCCCN)C(=O)OCCOCCOC(=O)N(CCNC(=O)CCCCCN)CCNC(=O)CCCCCCN. The standard InChI is InChI=1S/C40H80N10O9/c41-19-11-3-1-7-15-35(51)45-23-27-49(29-25-47-37(53)17-9-5-13-21-43)39(55)58-33-31-57-32-34-59-40(56)50(30-26-48-38(54)18-10-6-14-22-44)28-24-46-36(52)16-8-2-4-12-20-42/h1-34,41-44H2,(H,45,51)(H,46,52)(H,47,53)(H,48,54). The van der Waals surface area contributed by atoms with Crippen LogP contribution in [0.3, 0.4) is 0 Å². The second-order valence-electron chi connectivity index (χ2n) is 14.3. The van der Waals surface area contributed by atoms with Gasteiger partial charge in [-0.1, -0.05) is 38.5 Å². The molecule has 19 heteroatoms. The zero-order valence-corrected chi connectivity index (χ0v) is 35.9. The Morgan fingerprint density at radius 1 is 0.356 bits per heavy atom. The lowest BCUT2D eigenvalue weighted by Crippen LogP contribution is -2.43. The van der Waals surface area contributed by atoms with E-state index in [4.69, 9.17) is 37.1 Å². The van der Waals surface area contributed by atoms with E-state index < -0.39 is 12.2 Å². The number of nitrogens with zero attached hydrogens (tertiary/aromatic N) is 2. The smallest absolute Gasteiger partial charge is 0.409 e. The van der Waals surface area contributed by atoms with Gasteiger partial charge in [-0.3, -0.25) is 19.2 Å². The van der Waals surface area contributed by atoms with Gasteiger partial charge in [-0.25, -0.2) is 9.59 Å². The Balaban J connectivity index is 4.83. The van der Waals surface area contributed by atoms with Gasteiger partial charge in [0.15, 0.2) is 0 Å². The summed E-state index contributed by atoms with van der Waals surface area (Å²) in [5, 5.41) is 11.3. The Hall–Kier alpha value is -3.78. The molecule has 0 fully saturated rings. The summed E-state index contributed by atoms with van der Waals surface area (Å²) in [6.45, 7) is 4.03. The van der Waals surface area contributed by atoms with E-state index in [-0.39, 0.29) is 102 Å². The minimum absolute atomic E-state index is 0.0385. The average molecular weight is 845 g/mol. The van der Waals surface area contributed by atoms with Crippen molar-refractivity contribution in [3.05, 3.63) is 0 Å². The number of nitrogens with two attached hydrogens (primary N) is 4. The fraction of sp³-hybridized carbons (Fsp3) is 0.850. The van der Waals surface area contributed by atoms with E-state index >= 15 is 0 Å².